The maximum Gasteiger partial charge on any atom is 0.327 e. The maximum absolute atomic E-state index is 12.7. The third-order valence-electron chi connectivity index (χ3n) is 5.00. The Morgan fingerprint density at radius 2 is 1.71 bits per heavy atom. The van der Waals surface area contributed by atoms with E-state index in [-0.39, 0.29) is 29.8 Å². The topological polar surface area (TPSA) is 121 Å². The number of carbonyl (C=O) groups is 3. The molecule has 0 saturated carbocycles. The van der Waals surface area contributed by atoms with Gasteiger partial charge in [0.2, 0.25) is 10.0 Å². The Hall–Kier alpha value is -3.40. The number of aliphatic carboxylic acids is 1. The van der Waals surface area contributed by atoms with Crippen molar-refractivity contribution in [2.75, 3.05) is 24.2 Å². The summed E-state index contributed by atoms with van der Waals surface area (Å²) in [7, 11) is -2.54. The lowest BCUT2D eigenvalue weighted by molar-refractivity contribution is -0.138. The Kier molecular flexibility index (Phi) is 6.03. The van der Waals surface area contributed by atoms with E-state index in [1.54, 1.807) is 25.1 Å². The monoisotopic (exact) mass is 446 g/mol. The summed E-state index contributed by atoms with van der Waals surface area (Å²) in [4.78, 5) is 38.2. The van der Waals surface area contributed by atoms with Crippen LogP contribution in [-0.4, -0.2) is 62.2 Å². The van der Waals surface area contributed by atoms with E-state index in [0.717, 1.165) is 21.0 Å². The smallest absolute Gasteiger partial charge is 0.327 e. The van der Waals surface area contributed by atoms with E-state index < -0.39 is 33.8 Å². The summed E-state index contributed by atoms with van der Waals surface area (Å²) in [5, 5.41) is 9.77. The van der Waals surface area contributed by atoms with Crippen LogP contribution in [0.15, 0.2) is 42.5 Å². The van der Waals surface area contributed by atoms with Gasteiger partial charge in [-0.15, -0.1) is 0 Å². The van der Waals surface area contributed by atoms with Crippen molar-refractivity contribution < 1.29 is 32.6 Å². The van der Waals surface area contributed by atoms with E-state index >= 15 is 0 Å². The van der Waals surface area contributed by atoms with Crippen molar-refractivity contribution in [1.29, 1.82) is 0 Å². The van der Waals surface area contributed by atoms with Crippen LogP contribution in [0.2, 0.25) is 0 Å². The number of methoxy groups -OCH3 is 1. The molecule has 0 aliphatic carbocycles. The predicted molar refractivity (Wildman–Crippen MR) is 113 cm³/mol. The van der Waals surface area contributed by atoms with Gasteiger partial charge in [0.1, 0.15) is 11.8 Å². The Morgan fingerprint density at radius 3 is 2.26 bits per heavy atom. The van der Waals surface area contributed by atoms with Crippen LogP contribution >= 0.6 is 0 Å². The van der Waals surface area contributed by atoms with Crippen LogP contribution in [0.1, 0.15) is 32.7 Å². The van der Waals surface area contributed by atoms with Gasteiger partial charge in [0.05, 0.1) is 30.2 Å². The summed E-state index contributed by atoms with van der Waals surface area (Å²) >= 11 is 0. The number of hydrogen-bond acceptors (Lipinski definition) is 6. The molecule has 0 spiro atoms. The van der Waals surface area contributed by atoms with Crippen LogP contribution in [0.5, 0.6) is 5.75 Å². The lowest BCUT2D eigenvalue weighted by Gasteiger charge is -2.29. The lowest BCUT2D eigenvalue weighted by Crippen LogP contribution is -2.47. The standard InChI is InChI=1S/C21H22N2O7S/c1-13-4-9-16-17(12-13)20(25)22(19(16)24)11-10-18(21(26)27)23(31(3,28)29)14-5-7-15(30-2)8-6-14/h4-9,12,18H,10-11H2,1-3H3,(H,26,27). The van der Waals surface area contributed by atoms with Crippen molar-refractivity contribution in [3.63, 3.8) is 0 Å². The number of ether oxygens (including phenoxy) is 1. The van der Waals surface area contributed by atoms with Crippen molar-refractivity contribution in [3.8, 4) is 5.75 Å². The van der Waals surface area contributed by atoms with Crippen molar-refractivity contribution in [2.45, 2.75) is 19.4 Å². The normalized spacial score (nSPS) is 14.4. The molecule has 2 aromatic rings. The number of aryl methyl sites for hydroxylation is 1. The quantitative estimate of drug-likeness (QED) is 0.615. The largest absolute Gasteiger partial charge is 0.497 e. The number of anilines is 1. The molecule has 1 atom stereocenters. The molecule has 9 nitrogen and oxygen atoms in total. The number of benzene rings is 2. The number of fused-ring (bicyclic) bond motifs is 1. The highest BCUT2D eigenvalue weighted by Gasteiger charge is 2.38. The van der Waals surface area contributed by atoms with Crippen molar-refractivity contribution >= 4 is 33.5 Å². The SMILES string of the molecule is COc1ccc(N(C(CCN2C(=O)c3ccc(C)cc3C2=O)C(=O)O)S(C)(=O)=O)cc1. The second kappa shape index (κ2) is 8.38. The number of nitrogens with zero attached hydrogens (tertiary/aromatic N) is 2. The Morgan fingerprint density at radius 1 is 1.10 bits per heavy atom. The van der Waals surface area contributed by atoms with Gasteiger partial charge in [-0.05, 0) is 49.7 Å². The highest BCUT2D eigenvalue weighted by molar-refractivity contribution is 7.92. The van der Waals surface area contributed by atoms with Gasteiger partial charge in [-0.1, -0.05) is 11.6 Å². The maximum atomic E-state index is 12.7. The van der Waals surface area contributed by atoms with Crippen molar-refractivity contribution in [2.24, 2.45) is 0 Å². The molecule has 0 bridgehead atoms. The van der Waals surface area contributed by atoms with E-state index in [9.17, 15) is 27.9 Å². The molecule has 2 amide bonds. The minimum Gasteiger partial charge on any atom is -0.497 e. The molecule has 2 aromatic carbocycles. The molecule has 1 aliphatic heterocycles. The van der Waals surface area contributed by atoms with Crippen LogP contribution in [0.25, 0.3) is 0 Å². The number of carboxylic acid groups (broad SMARTS) is 1. The molecule has 1 unspecified atom stereocenters. The molecule has 164 valence electrons. The predicted octanol–water partition coefficient (Wildman–Crippen LogP) is 1.91. The molecule has 1 aliphatic rings. The van der Waals surface area contributed by atoms with Gasteiger partial charge in [-0.2, -0.15) is 0 Å². The van der Waals surface area contributed by atoms with E-state index in [1.165, 1.54) is 31.4 Å². The molecular weight excluding hydrogens is 424 g/mol. The summed E-state index contributed by atoms with van der Waals surface area (Å²) in [5.74, 6) is -1.97. The number of rotatable bonds is 8. The molecule has 3 rings (SSSR count). The van der Waals surface area contributed by atoms with Gasteiger partial charge in [0, 0.05) is 6.54 Å². The number of amides is 2. The van der Waals surface area contributed by atoms with E-state index in [2.05, 4.69) is 0 Å². The summed E-state index contributed by atoms with van der Waals surface area (Å²) < 4.78 is 30.7. The van der Waals surface area contributed by atoms with E-state index in [4.69, 9.17) is 4.74 Å². The number of carbonyl (C=O) groups excluding carboxylic acids is 2. The first-order valence-electron chi connectivity index (χ1n) is 9.37. The van der Waals surface area contributed by atoms with Crippen LogP contribution < -0.4 is 9.04 Å². The molecule has 1 heterocycles. The van der Waals surface area contributed by atoms with Gasteiger partial charge in [-0.3, -0.25) is 18.8 Å². The van der Waals surface area contributed by atoms with Crippen LogP contribution in [0, 0.1) is 6.92 Å². The third-order valence-corrected chi connectivity index (χ3v) is 6.18. The third kappa shape index (κ3) is 4.38. The van der Waals surface area contributed by atoms with E-state index in [0.29, 0.717) is 5.75 Å². The minimum atomic E-state index is -3.99. The van der Waals surface area contributed by atoms with Crippen molar-refractivity contribution in [1.82, 2.24) is 4.90 Å². The summed E-state index contributed by atoms with van der Waals surface area (Å²) in [6, 6.07) is 9.24. The molecule has 31 heavy (non-hydrogen) atoms. The number of hydrogen-bond donors (Lipinski definition) is 1. The average molecular weight is 446 g/mol. The highest BCUT2D eigenvalue weighted by atomic mass is 32.2. The molecule has 0 radical (unpaired) electrons. The molecule has 10 heteroatoms. The fourth-order valence-electron chi connectivity index (χ4n) is 3.53. The lowest BCUT2D eigenvalue weighted by atomic mass is 10.1. The summed E-state index contributed by atoms with van der Waals surface area (Å²) in [5.41, 5.74) is 1.45. The van der Waals surface area contributed by atoms with Gasteiger partial charge in [0.25, 0.3) is 11.8 Å². The van der Waals surface area contributed by atoms with Gasteiger partial charge < -0.3 is 9.84 Å². The molecule has 0 aromatic heterocycles. The van der Waals surface area contributed by atoms with Gasteiger partial charge in [-0.25, -0.2) is 13.2 Å². The number of carboxylic acids is 1. The van der Waals surface area contributed by atoms with Crippen LogP contribution in [-0.2, 0) is 14.8 Å². The summed E-state index contributed by atoms with van der Waals surface area (Å²) in [6.07, 6.45) is 0.622. The fraction of sp³-hybridized carbons (Fsp3) is 0.286. The molecule has 0 saturated heterocycles. The molecule has 1 N–H and O–H groups in total. The minimum absolute atomic E-state index is 0.133. The highest BCUT2D eigenvalue weighted by Crippen LogP contribution is 2.27. The van der Waals surface area contributed by atoms with Crippen molar-refractivity contribution in [3.05, 3.63) is 59.2 Å². The average Bonchev–Trinajstić information content (AvgIpc) is 2.94. The van der Waals surface area contributed by atoms with Gasteiger partial charge >= 0.3 is 5.97 Å². The van der Waals surface area contributed by atoms with Gasteiger partial charge in [0.15, 0.2) is 0 Å². The fourth-order valence-corrected chi connectivity index (χ4v) is 4.69. The Labute approximate surface area is 179 Å². The molecule has 0 fully saturated rings. The second-order valence-electron chi connectivity index (χ2n) is 7.21. The second-order valence-corrected chi connectivity index (χ2v) is 9.07. The Bertz CT molecular complexity index is 1140. The first-order chi connectivity index (χ1) is 14.5. The zero-order valence-corrected chi connectivity index (χ0v) is 18.0. The summed E-state index contributed by atoms with van der Waals surface area (Å²) in [6.45, 7) is 1.55. The van der Waals surface area contributed by atoms with Crippen LogP contribution in [0.3, 0.4) is 0 Å². The van der Waals surface area contributed by atoms with E-state index in [1.807, 2.05) is 0 Å². The zero-order chi connectivity index (χ0) is 22.9. The molecular formula is C21H22N2O7S. The first-order valence-corrected chi connectivity index (χ1v) is 11.2. The number of imide groups is 1. The zero-order valence-electron chi connectivity index (χ0n) is 17.2. The first kappa shape index (κ1) is 22.3. The Balaban J connectivity index is 1.88. The number of sulfonamides is 1. The van der Waals surface area contributed by atoms with Crippen LogP contribution in [0.4, 0.5) is 5.69 Å².